The molecule has 80 valence electrons. The van der Waals surface area contributed by atoms with Crippen LogP contribution in [-0.2, 0) is 13.0 Å². The monoisotopic (exact) mass is 267 g/mol. The van der Waals surface area contributed by atoms with Gasteiger partial charge in [0.15, 0.2) is 0 Å². The molecule has 2 heterocycles. The van der Waals surface area contributed by atoms with Gasteiger partial charge in [0.25, 0.3) is 0 Å². The zero-order valence-corrected chi connectivity index (χ0v) is 10.5. The van der Waals surface area contributed by atoms with Crippen LogP contribution in [0.2, 0.25) is 0 Å². The average molecular weight is 268 g/mol. The summed E-state index contributed by atoms with van der Waals surface area (Å²) in [7, 11) is 1.95. The first-order chi connectivity index (χ1) is 7.27. The van der Waals surface area contributed by atoms with Gasteiger partial charge in [-0.15, -0.1) is 0 Å². The quantitative estimate of drug-likeness (QED) is 0.926. The van der Waals surface area contributed by atoms with Gasteiger partial charge in [-0.25, -0.2) is 4.98 Å². The lowest BCUT2D eigenvalue weighted by atomic mass is 10.2. The molecular weight excluding hydrogens is 254 g/mol. The van der Waals surface area contributed by atoms with E-state index in [0.717, 1.165) is 23.4 Å². The van der Waals surface area contributed by atoms with E-state index in [0.29, 0.717) is 0 Å². The van der Waals surface area contributed by atoms with E-state index >= 15 is 0 Å². The van der Waals surface area contributed by atoms with Crippen molar-refractivity contribution in [1.29, 1.82) is 0 Å². The summed E-state index contributed by atoms with van der Waals surface area (Å²) in [5.74, 6) is 1.09. The fraction of sp³-hybridized carbons (Fsp3) is 0.364. The van der Waals surface area contributed by atoms with Crippen LogP contribution < -0.4 is 5.32 Å². The lowest BCUT2D eigenvalue weighted by molar-refractivity contribution is 0.816. The summed E-state index contributed by atoms with van der Waals surface area (Å²) in [6.07, 6.45) is 3.00. The number of halogens is 1. The van der Waals surface area contributed by atoms with Gasteiger partial charge < -0.3 is 9.72 Å². The summed E-state index contributed by atoms with van der Waals surface area (Å²) in [5.41, 5.74) is 2.43. The van der Waals surface area contributed by atoms with Crippen LogP contribution in [0.15, 0.2) is 22.9 Å². The maximum atomic E-state index is 4.50. The number of rotatable bonds is 3. The largest absolute Gasteiger partial charge is 0.316 e. The van der Waals surface area contributed by atoms with E-state index in [1.54, 1.807) is 0 Å². The van der Waals surface area contributed by atoms with Crippen LogP contribution in [-0.4, -0.2) is 16.4 Å². The van der Waals surface area contributed by atoms with Crippen LogP contribution in [0, 0.1) is 0 Å². The molecule has 2 rings (SSSR count). The van der Waals surface area contributed by atoms with Crippen LogP contribution in [0.4, 0.5) is 0 Å². The number of fused-ring (bicyclic) bond motifs is 1. The number of hydrogen-bond donors (Lipinski definition) is 1. The Kier molecular flexibility index (Phi) is 3.07. The molecule has 4 heteroatoms. The summed E-state index contributed by atoms with van der Waals surface area (Å²) >= 11 is 3.52. The molecule has 0 unspecified atom stereocenters. The van der Waals surface area contributed by atoms with Gasteiger partial charge in [0.1, 0.15) is 10.4 Å². The molecule has 0 fully saturated rings. The second kappa shape index (κ2) is 4.33. The highest BCUT2D eigenvalue weighted by molar-refractivity contribution is 9.10. The van der Waals surface area contributed by atoms with E-state index in [9.17, 15) is 0 Å². The SMILES string of the molecule is CCc1nc(Br)c2c(CNC)cccn12. The highest BCUT2D eigenvalue weighted by Crippen LogP contribution is 2.22. The minimum absolute atomic E-state index is 0.859. The maximum Gasteiger partial charge on any atom is 0.132 e. The minimum Gasteiger partial charge on any atom is -0.316 e. The fourth-order valence-corrected chi connectivity index (χ4v) is 2.45. The van der Waals surface area contributed by atoms with E-state index in [1.807, 2.05) is 7.05 Å². The van der Waals surface area contributed by atoms with Gasteiger partial charge in [-0.2, -0.15) is 0 Å². The maximum absolute atomic E-state index is 4.50. The van der Waals surface area contributed by atoms with Crippen LogP contribution >= 0.6 is 15.9 Å². The van der Waals surface area contributed by atoms with Gasteiger partial charge in [0.05, 0.1) is 5.52 Å². The van der Waals surface area contributed by atoms with Crippen molar-refractivity contribution >= 4 is 21.4 Å². The molecule has 2 aromatic rings. The fourth-order valence-electron chi connectivity index (χ4n) is 1.80. The molecule has 1 N–H and O–H groups in total. The summed E-state index contributed by atoms with van der Waals surface area (Å²) < 4.78 is 3.08. The first-order valence-corrected chi connectivity index (χ1v) is 5.86. The zero-order chi connectivity index (χ0) is 10.8. The Balaban J connectivity index is 2.68. The predicted octanol–water partition coefficient (Wildman–Crippen LogP) is 2.38. The van der Waals surface area contributed by atoms with Crippen molar-refractivity contribution in [2.75, 3.05) is 7.05 Å². The number of nitrogens with one attached hydrogen (secondary N) is 1. The van der Waals surface area contributed by atoms with Gasteiger partial charge in [-0.1, -0.05) is 13.0 Å². The molecule has 0 aromatic carbocycles. The topological polar surface area (TPSA) is 29.3 Å². The molecule has 3 nitrogen and oxygen atoms in total. The molecule has 0 aliphatic heterocycles. The van der Waals surface area contributed by atoms with E-state index in [2.05, 4.69) is 55.9 Å². The summed E-state index contributed by atoms with van der Waals surface area (Å²) in [5, 5.41) is 3.17. The molecule has 2 aromatic heterocycles. The van der Waals surface area contributed by atoms with E-state index < -0.39 is 0 Å². The van der Waals surface area contributed by atoms with Gasteiger partial charge >= 0.3 is 0 Å². The number of aromatic nitrogens is 2. The third-order valence-corrected chi connectivity index (χ3v) is 3.01. The number of nitrogens with zero attached hydrogens (tertiary/aromatic N) is 2. The Bertz CT molecular complexity index is 476. The Labute approximate surface area is 97.6 Å². The summed E-state index contributed by atoms with van der Waals surface area (Å²) in [6, 6.07) is 4.19. The second-order valence-corrected chi connectivity index (χ2v) is 4.21. The molecule has 0 aliphatic carbocycles. The van der Waals surface area contributed by atoms with Crippen molar-refractivity contribution in [3.05, 3.63) is 34.3 Å². The lowest BCUT2D eigenvalue weighted by Crippen LogP contribution is -2.06. The average Bonchev–Trinajstić information content (AvgIpc) is 2.57. The Morgan fingerprint density at radius 2 is 2.33 bits per heavy atom. The molecule has 15 heavy (non-hydrogen) atoms. The highest BCUT2D eigenvalue weighted by atomic mass is 79.9. The van der Waals surface area contributed by atoms with E-state index in [1.165, 1.54) is 11.1 Å². The second-order valence-electron chi connectivity index (χ2n) is 3.45. The van der Waals surface area contributed by atoms with Crippen molar-refractivity contribution in [2.24, 2.45) is 0 Å². The van der Waals surface area contributed by atoms with Crippen molar-refractivity contribution in [2.45, 2.75) is 19.9 Å². The minimum atomic E-state index is 0.859. The van der Waals surface area contributed by atoms with Gasteiger partial charge in [-0.05, 0) is 34.6 Å². The standard InChI is InChI=1S/C11H14BrN3/c1-3-9-14-11(12)10-8(7-13-2)5-4-6-15(9)10/h4-6,13H,3,7H2,1-2H3. The number of aryl methyl sites for hydroxylation is 1. The van der Waals surface area contributed by atoms with Crippen molar-refractivity contribution in [1.82, 2.24) is 14.7 Å². The van der Waals surface area contributed by atoms with Crippen LogP contribution in [0.5, 0.6) is 0 Å². The van der Waals surface area contributed by atoms with Gasteiger partial charge in [0.2, 0.25) is 0 Å². The smallest absolute Gasteiger partial charge is 0.132 e. The Morgan fingerprint density at radius 1 is 1.53 bits per heavy atom. The molecule has 0 radical (unpaired) electrons. The Hall–Kier alpha value is -0.870. The summed E-state index contributed by atoms with van der Waals surface area (Å²) in [6.45, 7) is 2.98. The van der Waals surface area contributed by atoms with Crippen molar-refractivity contribution in [3.8, 4) is 0 Å². The molecule has 0 amide bonds. The third-order valence-electron chi connectivity index (χ3n) is 2.46. The van der Waals surface area contributed by atoms with Crippen molar-refractivity contribution < 1.29 is 0 Å². The first-order valence-electron chi connectivity index (χ1n) is 5.06. The van der Waals surface area contributed by atoms with E-state index in [-0.39, 0.29) is 0 Å². The first kappa shape index (κ1) is 10.6. The zero-order valence-electron chi connectivity index (χ0n) is 8.92. The molecule has 0 spiro atoms. The number of hydrogen-bond acceptors (Lipinski definition) is 2. The van der Waals surface area contributed by atoms with Crippen LogP contribution in [0.25, 0.3) is 5.52 Å². The van der Waals surface area contributed by atoms with Gasteiger partial charge in [0, 0.05) is 19.2 Å². The normalized spacial score (nSPS) is 11.1. The molecule has 0 saturated heterocycles. The van der Waals surface area contributed by atoms with Crippen LogP contribution in [0.3, 0.4) is 0 Å². The Morgan fingerprint density at radius 3 is 3.00 bits per heavy atom. The predicted molar refractivity (Wildman–Crippen MR) is 65.0 cm³/mol. The lowest BCUT2D eigenvalue weighted by Gasteiger charge is -2.04. The molecule has 0 atom stereocenters. The molecule has 0 bridgehead atoms. The number of pyridine rings is 1. The summed E-state index contributed by atoms with van der Waals surface area (Å²) in [4.78, 5) is 4.50. The number of imidazole rings is 1. The van der Waals surface area contributed by atoms with E-state index in [4.69, 9.17) is 0 Å². The molecular formula is C11H14BrN3. The van der Waals surface area contributed by atoms with Crippen molar-refractivity contribution in [3.63, 3.8) is 0 Å². The molecule has 0 saturated carbocycles. The molecule has 0 aliphatic rings. The highest BCUT2D eigenvalue weighted by Gasteiger charge is 2.10. The van der Waals surface area contributed by atoms with Gasteiger partial charge in [-0.3, -0.25) is 0 Å². The third kappa shape index (κ3) is 1.79. The van der Waals surface area contributed by atoms with Crippen LogP contribution in [0.1, 0.15) is 18.3 Å².